The summed E-state index contributed by atoms with van der Waals surface area (Å²) >= 11 is 0. The van der Waals surface area contributed by atoms with E-state index in [0.717, 1.165) is 6.07 Å². The second-order valence-corrected chi connectivity index (χ2v) is 6.24. The summed E-state index contributed by atoms with van der Waals surface area (Å²) in [5.74, 6) is -0.397. The molecule has 2 aromatic rings. The van der Waals surface area contributed by atoms with E-state index in [4.69, 9.17) is 0 Å². The van der Waals surface area contributed by atoms with Crippen LogP contribution in [0.4, 0.5) is 28.0 Å². The van der Waals surface area contributed by atoms with Gasteiger partial charge >= 0.3 is 12.2 Å². The molecule has 1 N–H and O–H groups in total. The summed E-state index contributed by atoms with van der Waals surface area (Å²) in [6.45, 7) is 1.22. The van der Waals surface area contributed by atoms with Crippen molar-refractivity contribution in [1.29, 1.82) is 0 Å². The standard InChI is InChI=1S/C19H19F4N3O/c20-16-7-3-1-5-14(16)13-24-18(27)26-11-9-25(10-12-26)17-8-4-2-6-15(17)19(21,22)23/h1-8H,9-13H2,(H,24,27). The fourth-order valence-electron chi connectivity index (χ4n) is 3.06. The van der Waals surface area contributed by atoms with Crippen LogP contribution in [0.15, 0.2) is 48.5 Å². The van der Waals surface area contributed by atoms with Crippen LogP contribution in [0.5, 0.6) is 0 Å². The van der Waals surface area contributed by atoms with E-state index in [1.807, 2.05) is 0 Å². The number of benzene rings is 2. The first-order chi connectivity index (χ1) is 12.9. The van der Waals surface area contributed by atoms with Crippen LogP contribution < -0.4 is 10.2 Å². The molecule has 0 saturated carbocycles. The maximum atomic E-state index is 13.6. The Morgan fingerprint density at radius 2 is 1.59 bits per heavy atom. The van der Waals surface area contributed by atoms with Gasteiger partial charge in [-0.2, -0.15) is 13.2 Å². The number of nitrogens with zero attached hydrogens (tertiary/aromatic N) is 2. The minimum absolute atomic E-state index is 0.0582. The smallest absolute Gasteiger partial charge is 0.367 e. The quantitative estimate of drug-likeness (QED) is 0.820. The fourth-order valence-corrected chi connectivity index (χ4v) is 3.06. The molecule has 8 heteroatoms. The molecule has 0 aliphatic carbocycles. The van der Waals surface area contributed by atoms with Crippen molar-refractivity contribution in [2.75, 3.05) is 31.1 Å². The molecule has 27 heavy (non-hydrogen) atoms. The SMILES string of the molecule is O=C(NCc1ccccc1F)N1CCN(c2ccccc2C(F)(F)F)CC1. The van der Waals surface area contributed by atoms with Crippen molar-refractivity contribution in [2.24, 2.45) is 0 Å². The van der Waals surface area contributed by atoms with Crippen molar-refractivity contribution >= 4 is 11.7 Å². The second-order valence-electron chi connectivity index (χ2n) is 6.24. The molecule has 4 nitrogen and oxygen atoms in total. The number of piperazine rings is 1. The molecule has 2 aromatic carbocycles. The van der Waals surface area contributed by atoms with Crippen molar-refractivity contribution in [3.8, 4) is 0 Å². The average Bonchev–Trinajstić information content (AvgIpc) is 2.66. The van der Waals surface area contributed by atoms with E-state index < -0.39 is 17.6 Å². The molecular weight excluding hydrogens is 362 g/mol. The molecule has 0 atom stereocenters. The van der Waals surface area contributed by atoms with Crippen molar-refractivity contribution < 1.29 is 22.4 Å². The Bertz CT molecular complexity index is 802. The molecule has 1 aliphatic rings. The van der Waals surface area contributed by atoms with E-state index in [1.54, 1.807) is 29.2 Å². The molecular formula is C19H19F4N3O. The Morgan fingerprint density at radius 3 is 2.26 bits per heavy atom. The maximum absolute atomic E-state index is 13.6. The number of carbonyl (C=O) groups is 1. The van der Waals surface area contributed by atoms with Gasteiger partial charge in [-0.3, -0.25) is 0 Å². The van der Waals surface area contributed by atoms with Crippen LogP contribution in [0.1, 0.15) is 11.1 Å². The van der Waals surface area contributed by atoms with E-state index in [0.29, 0.717) is 18.7 Å². The van der Waals surface area contributed by atoms with Crippen molar-refractivity contribution in [3.05, 3.63) is 65.5 Å². The Balaban J connectivity index is 1.58. The molecule has 0 radical (unpaired) electrons. The third kappa shape index (κ3) is 4.50. The second kappa shape index (κ2) is 7.85. The number of para-hydroxylation sites is 1. The molecule has 0 aromatic heterocycles. The summed E-state index contributed by atoms with van der Waals surface area (Å²) < 4.78 is 53.1. The van der Waals surface area contributed by atoms with Gasteiger partial charge in [-0.05, 0) is 18.2 Å². The molecule has 0 unspecified atom stereocenters. The number of rotatable bonds is 3. The van der Waals surface area contributed by atoms with E-state index in [2.05, 4.69) is 5.32 Å². The lowest BCUT2D eigenvalue weighted by Crippen LogP contribution is -2.52. The first-order valence-corrected chi connectivity index (χ1v) is 8.53. The van der Waals surface area contributed by atoms with Crippen molar-refractivity contribution in [2.45, 2.75) is 12.7 Å². The Kier molecular flexibility index (Phi) is 5.53. The largest absolute Gasteiger partial charge is 0.418 e. The molecule has 0 spiro atoms. The summed E-state index contributed by atoms with van der Waals surface area (Å²) in [5.41, 5.74) is -0.178. The van der Waals surface area contributed by atoms with Crippen LogP contribution in [0, 0.1) is 5.82 Å². The number of carbonyl (C=O) groups excluding carboxylic acids is 1. The molecule has 0 bridgehead atoms. The molecule has 144 valence electrons. The van der Waals surface area contributed by atoms with Gasteiger partial charge in [0, 0.05) is 44.0 Å². The summed E-state index contributed by atoms with van der Waals surface area (Å²) in [6.07, 6.45) is -4.43. The lowest BCUT2D eigenvalue weighted by Gasteiger charge is -2.37. The molecule has 1 saturated heterocycles. The monoisotopic (exact) mass is 381 g/mol. The van der Waals surface area contributed by atoms with E-state index in [1.165, 1.54) is 23.1 Å². The van der Waals surface area contributed by atoms with Gasteiger partial charge in [-0.15, -0.1) is 0 Å². The van der Waals surface area contributed by atoms with Gasteiger partial charge in [-0.1, -0.05) is 30.3 Å². The van der Waals surface area contributed by atoms with Gasteiger partial charge in [0.15, 0.2) is 0 Å². The van der Waals surface area contributed by atoms with Crippen LogP contribution >= 0.6 is 0 Å². The predicted octanol–water partition coefficient (Wildman–Crippen LogP) is 3.88. The van der Waals surface area contributed by atoms with Gasteiger partial charge in [0.1, 0.15) is 5.82 Å². The van der Waals surface area contributed by atoms with Crippen molar-refractivity contribution in [3.63, 3.8) is 0 Å². The highest BCUT2D eigenvalue weighted by atomic mass is 19.4. The minimum atomic E-state index is -4.43. The van der Waals surface area contributed by atoms with Gasteiger partial charge in [0.05, 0.1) is 5.56 Å². The first-order valence-electron chi connectivity index (χ1n) is 8.53. The van der Waals surface area contributed by atoms with Crippen LogP contribution in [-0.4, -0.2) is 37.1 Å². The molecule has 1 fully saturated rings. The summed E-state index contributed by atoms with van der Waals surface area (Å²) in [7, 11) is 0. The number of halogens is 4. The number of nitrogens with one attached hydrogen (secondary N) is 1. The maximum Gasteiger partial charge on any atom is 0.418 e. The Hall–Kier alpha value is -2.77. The lowest BCUT2D eigenvalue weighted by atomic mass is 10.1. The predicted molar refractivity (Wildman–Crippen MR) is 93.9 cm³/mol. The first kappa shape index (κ1) is 19.0. The highest BCUT2D eigenvalue weighted by Crippen LogP contribution is 2.36. The number of urea groups is 1. The zero-order valence-corrected chi connectivity index (χ0v) is 14.5. The summed E-state index contributed by atoms with van der Waals surface area (Å²) in [5, 5.41) is 2.65. The van der Waals surface area contributed by atoms with Crippen LogP contribution in [-0.2, 0) is 12.7 Å². The van der Waals surface area contributed by atoms with Gasteiger partial charge in [0.25, 0.3) is 0 Å². The van der Waals surface area contributed by atoms with Gasteiger partial charge < -0.3 is 15.1 Å². The van der Waals surface area contributed by atoms with Gasteiger partial charge in [-0.25, -0.2) is 9.18 Å². The number of anilines is 1. The third-order valence-corrected chi connectivity index (χ3v) is 4.50. The zero-order valence-electron chi connectivity index (χ0n) is 14.5. The number of alkyl halides is 3. The number of hydrogen-bond donors (Lipinski definition) is 1. The Labute approximate surface area is 154 Å². The minimum Gasteiger partial charge on any atom is -0.367 e. The van der Waals surface area contributed by atoms with E-state index in [9.17, 15) is 22.4 Å². The van der Waals surface area contributed by atoms with Crippen LogP contribution in [0.3, 0.4) is 0 Å². The third-order valence-electron chi connectivity index (χ3n) is 4.50. The highest BCUT2D eigenvalue weighted by Gasteiger charge is 2.35. The van der Waals surface area contributed by atoms with E-state index in [-0.39, 0.29) is 31.4 Å². The topological polar surface area (TPSA) is 35.6 Å². The molecule has 1 heterocycles. The normalized spacial score (nSPS) is 15.0. The van der Waals surface area contributed by atoms with E-state index >= 15 is 0 Å². The summed E-state index contributed by atoms with van der Waals surface area (Å²) in [6, 6.07) is 11.2. The molecule has 2 amide bonds. The molecule has 1 aliphatic heterocycles. The van der Waals surface area contributed by atoms with Crippen molar-refractivity contribution in [1.82, 2.24) is 10.2 Å². The highest BCUT2D eigenvalue weighted by molar-refractivity contribution is 5.74. The van der Waals surface area contributed by atoms with Gasteiger partial charge in [0.2, 0.25) is 0 Å². The fraction of sp³-hybridized carbons (Fsp3) is 0.316. The zero-order chi connectivity index (χ0) is 19.4. The number of hydrogen-bond acceptors (Lipinski definition) is 2. The lowest BCUT2D eigenvalue weighted by molar-refractivity contribution is -0.137. The Morgan fingerprint density at radius 1 is 0.963 bits per heavy atom. The number of amides is 2. The summed E-state index contributed by atoms with van der Waals surface area (Å²) in [4.78, 5) is 15.4. The van der Waals surface area contributed by atoms with Crippen LogP contribution in [0.2, 0.25) is 0 Å². The van der Waals surface area contributed by atoms with Crippen LogP contribution in [0.25, 0.3) is 0 Å². The molecule has 3 rings (SSSR count). The average molecular weight is 381 g/mol.